The zero-order valence-electron chi connectivity index (χ0n) is 9.48. The van der Waals surface area contributed by atoms with Gasteiger partial charge in [-0.05, 0) is 25.1 Å². The second-order valence-electron chi connectivity index (χ2n) is 3.59. The molecule has 1 aromatic heterocycles. The Kier molecular flexibility index (Phi) is 3.06. The monoisotopic (exact) mass is 237 g/mol. The zero-order chi connectivity index (χ0) is 12.4. The van der Waals surface area contributed by atoms with Crippen LogP contribution in [0.1, 0.15) is 18.9 Å². The van der Waals surface area contributed by atoms with E-state index >= 15 is 0 Å². The van der Waals surface area contributed by atoms with E-state index in [2.05, 4.69) is 10.1 Å². The molecule has 6 heteroatoms. The first-order chi connectivity index (χ1) is 8.11. The summed E-state index contributed by atoms with van der Waals surface area (Å²) in [5.74, 6) is 0.317. The summed E-state index contributed by atoms with van der Waals surface area (Å²) in [4.78, 5) is 4.07. The van der Waals surface area contributed by atoms with E-state index in [0.717, 1.165) is 0 Å². The molecule has 17 heavy (non-hydrogen) atoms. The molecule has 0 bridgehead atoms. The molecule has 1 aromatic carbocycles. The molecule has 0 fully saturated rings. The molecule has 90 valence electrons. The Hall–Kier alpha value is -1.95. The van der Waals surface area contributed by atoms with Crippen molar-refractivity contribution in [2.24, 2.45) is 5.73 Å². The quantitative estimate of drug-likeness (QED) is 0.882. The first kappa shape index (κ1) is 11.5. The molecule has 0 spiro atoms. The van der Waals surface area contributed by atoms with Crippen molar-refractivity contribution in [1.29, 1.82) is 0 Å². The molecule has 2 N–H and O–H groups in total. The molecule has 0 amide bonds. The zero-order valence-corrected chi connectivity index (χ0v) is 9.48. The third kappa shape index (κ3) is 2.26. The van der Waals surface area contributed by atoms with Crippen LogP contribution in [0.25, 0.3) is 11.4 Å². The van der Waals surface area contributed by atoms with Crippen molar-refractivity contribution in [3.8, 4) is 17.1 Å². The molecule has 0 aliphatic carbocycles. The fourth-order valence-corrected chi connectivity index (χ4v) is 1.34. The van der Waals surface area contributed by atoms with E-state index < -0.39 is 5.82 Å². The van der Waals surface area contributed by atoms with Gasteiger partial charge in [-0.3, -0.25) is 0 Å². The molecule has 1 atom stereocenters. The summed E-state index contributed by atoms with van der Waals surface area (Å²) in [6, 6.07) is 4.10. The fraction of sp³-hybridized carbons (Fsp3) is 0.273. The maximum atomic E-state index is 13.5. The van der Waals surface area contributed by atoms with Gasteiger partial charge in [-0.15, -0.1) is 0 Å². The lowest BCUT2D eigenvalue weighted by Crippen LogP contribution is -2.04. The number of hydrogen-bond acceptors (Lipinski definition) is 5. The van der Waals surface area contributed by atoms with Crippen molar-refractivity contribution >= 4 is 0 Å². The maximum Gasteiger partial charge on any atom is 0.243 e. The summed E-state index contributed by atoms with van der Waals surface area (Å²) in [6.45, 7) is 1.73. The fourth-order valence-electron chi connectivity index (χ4n) is 1.34. The maximum absolute atomic E-state index is 13.5. The highest BCUT2D eigenvalue weighted by Gasteiger charge is 2.13. The van der Waals surface area contributed by atoms with Crippen LogP contribution in [0.3, 0.4) is 0 Å². The molecular formula is C11H12FN3O2. The Morgan fingerprint density at radius 1 is 1.47 bits per heavy atom. The van der Waals surface area contributed by atoms with E-state index in [4.69, 9.17) is 15.0 Å². The van der Waals surface area contributed by atoms with Crippen LogP contribution in [0.2, 0.25) is 0 Å². The lowest BCUT2D eigenvalue weighted by atomic mass is 10.2. The number of benzene rings is 1. The smallest absolute Gasteiger partial charge is 0.243 e. The molecule has 5 nitrogen and oxygen atoms in total. The van der Waals surface area contributed by atoms with E-state index in [1.165, 1.54) is 19.2 Å². The molecule has 1 heterocycles. The van der Waals surface area contributed by atoms with Crippen LogP contribution >= 0.6 is 0 Å². The van der Waals surface area contributed by atoms with Crippen LogP contribution in [-0.4, -0.2) is 17.3 Å². The second kappa shape index (κ2) is 4.50. The summed E-state index contributed by atoms with van der Waals surface area (Å²) in [7, 11) is 1.40. The number of rotatable bonds is 3. The number of nitrogens with zero attached hydrogens (tertiary/aromatic N) is 2. The highest BCUT2D eigenvalue weighted by Crippen LogP contribution is 2.24. The van der Waals surface area contributed by atoms with Gasteiger partial charge < -0.3 is 15.0 Å². The van der Waals surface area contributed by atoms with Crippen molar-refractivity contribution in [2.75, 3.05) is 7.11 Å². The van der Waals surface area contributed by atoms with Crippen LogP contribution in [0.15, 0.2) is 22.7 Å². The van der Waals surface area contributed by atoms with Gasteiger partial charge in [0, 0.05) is 5.56 Å². The largest absolute Gasteiger partial charge is 0.494 e. The van der Waals surface area contributed by atoms with Crippen molar-refractivity contribution < 1.29 is 13.7 Å². The number of halogens is 1. The van der Waals surface area contributed by atoms with Crippen LogP contribution < -0.4 is 10.5 Å². The van der Waals surface area contributed by atoms with Gasteiger partial charge >= 0.3 is 0 Å². The van der Waals surface area contributed by atoms with Gasteiger partial charge in [-0.1, -0.05) is 5.16 Å². The summed E-state index contributed by atoms with van der Waals surface area (Å²) in [5, 5.41) is 3.73. The molecule has 1 unspecified atom stereocenters. The minimum absolute atomic E-state index is 0.171. The summed E-state index contributed by atoms with van der Waals surface area (Å²) >= 11 is 0. The van der Waals surface area contributed by atoms with E-state index in [1.807, 2.05) is 0 Å². The highest BCUT2D eigenvalue weighted by atomic mass is 19.1. The van der Waals surface area contributed by atoms with Crippen LogP contribution in [-0.2, 0) is 0 Å². The van der Waals surface area contributed by atoms with Crippen LogP contribution in [0, 0.1) is 5.82 Å². The van der Waals surface area contributed by atoms with Crippen molar-refractivity contribution in [3.63, 3.8) is 0 Å². The molecule has 2 rings (SSSR count). The molecule has 0 aliphatic heterocycles. The Balaban J connectivity index is 2.36. The first-order valence-corrected chi connectivity index (χ1v) is 5.05. The standard InChI is InChI=1S/C11H12FN3O2/c1-6(13)11-14-10(15-17-11)7-3-4-9(16-2)8(12)5-7/h3-6H,13H2,1-2H3. The van der Waals surface area contributed by atoms with Gasteiger partial charge in [-0.25, -0.2) is 4.39 Å². The van der Waals surface area contributed by atoms with Crippen molar-refractivity contribution in [3.05, 3.63) is 29.9 Å². The minimum atomic E-state index is -0.475. The average Bonchev–Trinajstić information content (AvgIpc) is 2.78. The van der Waals surface area contributed by atoms with Gasteiger partial charge in [0.25, 0.3) is 0 Å². The summed E-state index contributed by atoms with van der Waals surface area (Å²) in [5.41, 5.74) is 6.10. The lowest BCUT2D eigenvalue weighted by molar-refractivity contribution is 0.362. The third-order valence-electron chi connectivity index (χ3n) is 2.24. The summed E-state index contributed by atoms with van der Waals surface area (Å²) in [6.07, 6.45) is 0. The second-order valence-corrected chi connectivity index (χ2v) is 3.59. The van der Waals surface area contributed by atoms with Crippen LogP contribution in [0.5, 0.6) is 5.75 Å². The van der Waals surface area contributed by atoms with Crippen molar-refractivity contribution in [2.45, 2.75) is 13.0 Å². The van der Waals surface area contributed by atoms with E-state index in [-0.39, 0.29) is 11.8 Å². The molecule has 0 saturated heterocycles. The molecule has 0 saturated carbocycles. The van der Waals surface area contributed by atoms with E-state index in [1.54, 1.807) is 13.0 Å². The predicted octanol–water partition coefficient (Wildman–Crippen LogP) is 1.90. The van der Waals surface area contributed by atoms with Gasteiger partial charge in [0.05, 0.1) is 13.2 Å². The van der Waals surface area contributed by atoms with Crippen LogP contribution in [0.4, 0.5) is 4.39 Å². The minimum Gasteiger partial charge on any atom is -0.494 e. The Labute approximate surface area is 97.4 Å². The van der Waals surface area contributed by atoms with Crippen molar-refractivity contribution in [1.82, 2.24) is 10.1 Å². The molecular weight excluding hydrogens is 225 g/mol. The number of aromatic nitrogens is 2. The van der Waals surface area contributed by atoms with Gasteiger partial charge in [0.15, 0.2) is 11.6 Å². The Morgan fingerprint density at radius 3 is 2.76 bits per heavy atom. The SMILES string of the molecule is COc1ccc(-c2noc(C(C)N)n2)cc1F. The normalized spacial score (nSPS) is 12.5. The van der Waals surface area contributed by atoms with Gasteiger partial charge in [-0.2, -0.15) is 4.98 Å². The lowest BCUT2D eigenvalue weighted by Gasteiger charge is -2.01. The number of hydrogen-bond donors (Lipinski definition) is 1. The van der Waals surface area contributed by atoms with Gasteiger partial charge in [0.2, 0.25) is 11.7 Å². The predicted molar refractivity (Wildman–Crippen MR) is 58.8 cm³/mol. The topological polar surface area (TPSA) is 74.2 Å². The molecule has 0 radical (unpaired) electrons. The Bertz CT molecular complexity index is 525. The number of methoxy groups -OCH3 is 1. The first-order valence-electron chi connectivity index (χ1n) is 5.05. The Morgan fingerprint density at radius 2 is 2.24 bits per heavy atom. The average molecular weight is 237 g/mol. The molecule has 2 aromatic rings. The van der Waals surface area contributed by atoms with E-state index in [0.29, 0.717) is 17.3 Å². The molecule has 0 aliphatic rings. The number of ether oxygens (including phenoxy) is 1. The summed E-state index contributed by atoms with van der Waals surface area (Å²) < 4.78 is 23.2. The highest BCUT2D eigenvalue weighted by molar-refractivity contribution is 5.56. The van der Waals surface area contributed by atoms with Gasteiger partial charge in [0.1, 0.15) is 0 Å². The third-order valence-corrected chi connectivity index (χ3v) is 2.24. The van der Waals surface area contributed by atoms with E-state index in [9.17, 15) is 4.39 Å². The number of nitrogens with two attached hydrogens (primary N) is 1.